The minimum Gasteiger partial charge on any atom is -0.468 e. The van der Waals surface area contributed by atoms with E-state index in [9.17, 15) is 4.79 Å². The summed E-state index contributed by atoms with van der Waals surface area (Å²) in [6, 6.07) is 3.38. The first-order valence-electron chi connectivity index (χ1n) is 4.62. The first-order chi connectivity index (χ1) is 7.15. The Morgan fingerprint density at radius 1 is 1.60 bits per heavy atom. The van der Waals surface area contributed by atoms with Crippen molar-refractivity contribution in [2.24, 2.45) is 0 Å². The predicted molar refractivity (Wildman–Crippen MR) is 54.3 cm³/mol. The molecule has 82 valence electrons. The van der Waals surface area contributed by atoms with Gasteiger partial charge in [-0.15, -0.1) is 0 Å². The third-order valence-corrected chi connectivity index (χ3v) is 1.89. The second kappa shape index (κ2) is 5.36. The minimum absolute atomic E-state index is 0.415. The number of hydrogen-bond acceptors (Lipinski definition) is 4. The first kappa shape index (κ1) is 11.5. The first-order valence-corrected chi connectivity index (χ1v) is 4.62. The van der Waals surface area contributed by atoms with Crippen molar-refractivity contribution in [3.8, 4) is 0 Å². The molecule has 4 heteroatoms. The molecule has 0 aliphatic carbocycles. The molecule has 2 atom stereocenters. The third-order valence-electron chi connectivity index (χ3n) is 1.89. The van der Waals surface area contributed by atoms with Gasteiger partial charge in [-0.3, -0.25) is 4.79 Å². The normalized spacial score (nSPS) is 15.1. The van der Waals surface area contributed by atoms with Crippen LogP contribution in [0.2, 0.25) is 0 Å². The second-order valence-corrected chi connectivity index (χ2v) is 3.14. The Hall–Kier alpha value is -1.55. The molecule has 0 amide bonds. The Bertz CT molecular complexity index is 324. The number of aliphatic hydroxyl groups is 1. The fraction of sp³-hybridized carbons (Fsp3) is 0.364. The van der Waals surface area contributed by atoms with Gasteiger partial charge in [0.25, 0.3) is 0 Å². The molecular weight excluding hydrogens is 196 g/mol. The van der Waals surface area contributed by atoms with Gasteiger partial charge < -0.3 is 14.3 Å². The van der Waals surface area contributed by atoms with E-state index in [-0.39, 0.29) is 0 Å². The van der Waals surface area contributed by atoms with Gasteiger partial charge in [-0.2, -0.15) is 0 Å². The van der Waals surface area contributed by atoms with Gasteiger partial charge in [0.05, 0.1) is 19.5 Å². The number of furan rings is 1. The number of aliphatic hydroxyl groups excluding tert-OH is 1. The molecule has 0 aliphatic rings. The van der Waals surface area contributed by atoms with Crippen LogP contribution < -0.4 is 0 Å². The average molecular weight is 210 g/mol. The highest BCUT2D eigenvalue weighted by Gasteiger charge is 2.20. The zero-order valence-electron chi connectivity index (χ0n) is 8.71. The summed E-state index contributed by atoms with van der Waals surface area (Å²) in [7, 11) is 1.31. The highest BCUT2D eigenvalue weighted by Crippen LogP contribution is 2.19. The van der Waals surface area contributed by atoms with Crippen LogP contribution in [0.5, 0.6) is 0 Å². The van der Waals surface area contributed by atoms with Crippen LogP contribution in [0.1, 0.15) is 18.6 Å². The van der Waals surface area contributed by atoms with E-state index in [1.54, 1.807) is 25.1 Å². The second-order valence-electron chi connectivity index (χ2n) is 3.14. The fourth-order valence-electron chi connectivity index (χ4n) is 1.16. The molecule has 0 saturated heterocycles. The quantitative estimate of drug-likeness (QED) is 0.604. The van der Waals surface area contributed by atoms with E-state index in [1.165, 1.54) is 19.4 Å². The Morgan fingerprint density at radius 2 is 2.33 bits per heavy atom. The van der Waals surface area contributed by atoms with E-state index >= 15 is 0 Å². The van der Waals surface area contributed by atoms with Crippen LogP contribution in [-0.2, 0) is 9.53 Å². The van der Waals surface area contributed by atoms with Crippen LogP contribution in [-0.4, -0.2) is 24.3 Å². The van der Waals surface area contributed by atoms with Crippen LogP contribution in [0.25, 0.3) is 0 Å². The highest BCUT2D eigenvalue weighted by molar-refractivity contribution is 5.79. The number of rotatable bonds is 4. The summed E-state index contributed by atoms with van der Waals surface area (Å²) in [5.74, 6) is -0.514. The largest absolute Gasteiger partial charge is 0.468 e. The SMILES string of the molecule is COC(=O)[C@H](/C=C/[C@H](C)O)c1ccco1. The molecule has 0 bridgehead atoms. The van der Waals surface area contributed by atoms with Crippen molar-refractivity contribution in [3.05, 3.63) is 36.3 Å². The molecule has 1 aromatic heterocycles. The van der Waals surface area contributed by atoms with E-state index in [0.717, 1.165) is 0 Å². The number of esters is 1. The van der Waals surface area contributed by atoms with Crippen LogP contribution in [0.3, 0.4) is 0 Å². The van der Waals surface area contributed by atoms with Gasteiger partial charge in [0, 0.05) is 0 Å². The lowest BCUT2D eigenvalue weighted by molar-refractivity contribution is -0.141. The molecule has 1 rings (SSSR count). The topological polar surface area (TPSA) is 59.7 Å². The van der Waals surface area contributed by atoms with Crippen molar-refractivity contribution in [1.29, 1.82) is 0 Å². The van der Waals surface area contributed by atoms with Crippen molar-refractivity contribution in [1.82, 2.24) is 0 Å². The Morgan fingerprint density at radius 3 is 2.80 bits per heavy atom. The van der Waals surface area contributed by atoms with E-state index in [2.05, 4.69) is 4.74 Å². The molecule has 1 heterocycles. The lowest BCUT2D eigenvalue weighted by Gasteiger charge is -2.07. The highest BCUT2D eigenvalue weighted by atomic mass is 16.5. The van der Waals surface area contributed by atoms with Gasteiger partial charge in [-0.05, 0) is 19.1 Å². The summed E-state index contributed by atoms with van der Waals surface area (Å²) in [5, 5.41) is 9.08. The summed E-state index contributed by atoms with van der Waals surface area (Å²) in [5.41, 5.74) is 0. The van der Waals surface area contributed by atoms with Crippen molar-refractivity contribution >= 4 is 5.97 Å². The van der Waals surface area contributed by atoms with Gasteiger partial charge in [0.15, 0.2) is 0 Å². The van der Waals surface area contributed by atoms with E-state index in [4.69, 9.17) is 9.52 Å². The standard InChI is InChI=1S/C11H14O4/c1-8(12)5-6-9(11(13)14-2)10-4-3-7-15-10/h3-9,12H,1-2H3/b6-5+/t8-,9+/m0/s1. The number of ether oxygens (including phenoxy) is 1. The average Bonchev–Trinajstić information content (AvgIpc) is 2.70. The van der Waals surface area contributed by atoms with Crippen LogP contribution in [0.4, 0.5) is 0 Å². The zero-order chi connectivity index (χ0) is 11.3. The zero-order valence-corrected chi connectivity index (χ0v) is 8.71. The van der Waals surface area contributed by atoms with Crippen LogP contribution in [0.15, 0.2) is 35.0 Å². The third kappa shape index (κ3) is 3.25. The van der Waals surface area contributed by atoms with E-state index in [0.29, 0.717) is 5.76 Å². The monoisotopic (exact) mass is 210 g/mol. The van der Waals surface area contributed by atoms with Crippen molar-refractivity contribution in [2.75, 3.05) is 7.11 Å². The van der Waals surface area contributed by atoms with Crippen LogP contribution >= 0.6 is 0 Å². The molecule has 0 saturated carbocycles. The van der Waals surface area contributed by atoms with Gasteiger partial charge >= 0.3 is 5.97 Å². The maximum absolute atomic E-state index is 11.4. The number of carbonyl (C=O) groups is 1. The molecule has 15 heavy (non-hydrogen) atoms. The lowest BCUT2D eigenvalue weighted by atomic mass is 10.1. The van der Waals surface area contributed by atoms with Gasteiger partial charge in [0.2, 0.25) is 0 Å². The molecule has 0 aromatic carbocycles. The van der Waals surface area contributed by atoms with E-state index < -0.39 is 18.0 Å². The minimum atomic E-state index is -0.605. The van der Waals surface area contributed by atoms with E-state index in [1.807, 2.05) is 0 Å². The van der Waals surface area contributed by atoms with Gasteiger partial charge in [-0.1, -0.05) is 12.2 Å². The molecule has 4 nitrogen and oxygen atoms in total. The summed E-state index contributed by atoms with van der Waals surface area (Å²) in [6.45, 7) is 1.60. The van der Waals surface area contributed by atoms with Crippen molar-refractivity contribution < 1.29 is 19.1 Å². The molecule has 0 spiro atoms. The van der Waals surface area contributed by atoms with Gasteiger partial charge in [-0.25, -0.2) is 0 Å². The molecule has 1 N–H and O–H groups in total. The number of methoxy groups -OCH3 is 1. The Kier molecular flexibility index (Phi) is 4.12. The predicted octanol–water partition coefficient (Wildman–Crippen LogP) is 1.47. The molecule has 0 unspecified atom stereocenters. The summed E-state index contributed by atoms with van der Waals surface area (Å²) >= 11 is 0. The summed E-state index contributed by atoms with van der Waals surface area (Å²) in [4.78, 5) is 11.4. The maximum Gasteiger partial charge on any atom is 0.320 e. The van der Waals surface area contributed by atoms with Gasteiger partial charge in [0.1, 0.15) is 11.7 Å². The molecule has 1 aromatic rings. The smallest absolute Gasteiger partial charge is 0.320 e. The molecule has 0 aliphatic heterocycles. The molecule has 0 fully saturated rings. The Labute approximate surface area is 88.2 Å². The summed E-state index contributed by atoms with van der Waals surface area (Å²) < 4.78 is 9.75. The van der Waals surface area contributed by atoms with Crippen molar-refractivity contribution in [2.45, 2.75) is 18.9 Å². The summed E-state index contributed by atoms with van der Waals surface area (Å²) in [6.07, 6.45) is 3.97. The molecule has 0 radical (unpaired) electrons. The van der Waals surface area contributed by atoms with Crippen LogP contribution in [0, 0.1) is 0 Å². The number of carbonyl (C=O) groups excluding carboxylic acids is 1. The van der Waals surface area contributed by atoms with Crippen molar-refractivity contribution in [3.63, 3.8) is 0 Å². The maximum atomic E-state index is 11.4. The molecular formula is C11H14O4. The lowest BCUT2D eigenvalue weighted by Crippen LogP contribution is -2.12. The fourth-order valence-corrected chi connectivity index (χ4v) is 1.16. The number of hydrogen-bond donors (Lipinski definition) is 1. The Balaban J connectivity index is 2.84.